The summed E-state index contributed by atoms with van der Waals surface area (Å²) in [4.78, 5) is 71.1. The molecule has 1 saturated heterocycles. The average Bonchev–Trinajstić information content (AvgIpc) is 3.22. The molecule has 0 spiro atoms. The molecule has 0 bridgehead atoms. The molecule has 232 valence electrons. The van der Waals surface area contributed by atoms with Gasteiger partial charge in [-0.15, -0.1) is 0 Å². The van der Waals surface area contributed by atoms with E-state index in [-0.39, 0.29) is 6.61 Å². The van der Waals surface area contributed by atoms with Crippen molar-refractivity contribution in [1.82, 2.24) is 0 Å². The van der Waals surface area contributed by atoms with Crippen LogP contribution in [0.2, 0.25) is 0 Å². The first kappa shape index (κ1) is 32.5. The van der Waals surface area contributed by atoms with Crippen LogP contribution in [0.25, 0.3) is 0 Å². The van der Waals surface area contributed by atoms with E-state index in [0.717, 1.165) is 27.7 Å². The molecule has 0 radical (unpaired) electrons. The minimum atomic E-state index is -1.52. The Morgan fingerprint density at radius 1 is 0.690 bits per heavy atom. The first-order valence-corrected chi connectivity index (χ1v) is 13.1. The van der Waals surface area contributed by atoms with Crippen molar-refractivity contribution in [2.45, 2.75) is 84.6 Å². The van der Waals surface area contributed by atoms with Crippen LogP contribution in [0.15, 0.2) is 24.0 Å². The fourth-order valence-electron chi connectivity index (χ4n) is 4.95. The maximum absolute atomic E-state index is 12.1. The Balaban J connectivity index is 1.99. The minimum absolute atomic E-state index is 0.163. The van der Waals surface area contributed by atoms with Crippen molar-refractivity contribution in [3.05, 3.63) is 24.0 Å². The highest BCUT2D eigenvalue weighted by Crippen LogP contribution is 2.43. The zero-order chi connectivity index (χ0) is 31.1. The molecule has 15 heteroatoms. The average molecular weight is 599 g/mol. The summed E-state index contributed by atoms with van der Waals surface area (Å²) in [6.45, 7) is 6.34. The Morgan fingerprint density at radius 2 is 1.26 bits per heavy atom. The Hall–Kier alpha value is -3.98. The van der Waals surface area contributed by atoms with E-state index in [2.05, 4.69) is 0 Å². The molecule has 15 nitrogen and oxygen atoms in total. The van der Waals surface area contributed by atoms with E-state index >= 15 is 0 Å². The maximum Gasteiger partial charge on any atom is 0.303 e. The summed E-state index contributed by atoms with van der Waals surface area (Å²) in [6.07, 6.45) is -4.37. The topological polar surface area (TPSA) is 185 Å². The highest BCUT2D eigenvalue weighted by atomic mass is 16.8. The Labute approximate surface area is 241 Å². The van der Waals surface area contributed by atoms with Crippen molar-refractivity contribution in [2.75, 3.05) is 13.2 Å². The lowest BCUT2D eigenvalue weighted by atomic mass is 9.88. The first-order chi connectivity index (χ1) is 19.8. The summed E-state index contributed by atoms with van der Waals surface area (Å²) in [7, 11) is 0. The molecule has 0 aromatic carbocycles. The molecule has 42 heavy (non-hydrogen) atoms. The molecular weight excluding hydrogens is 564 g/mol. The number of hydrogen-bond donors (Lipinski definition) is 0. The fraction of sp³-hybridized carbons (Fsp3) is 0.630. The van der Waals surface area contributed by atoms with Crippen LogP contribution in [0.5, 0.6) is 0 Å². The van der Waals surface area contributed by atoms with Crippen LogP contribution in [0.4, 0.5) is 0 Å². The monoisotopic (exact) mass is 598 g/mol. The maximum atomic E-state index is 12.1. The molecular formula is C27H34O15. The van der Waals surface area contributed by atoms with Gasteiger partial charge in [-0.05, 0) is 17.7 Å². The van der Waals surface area contributed by atoms with Crippen molar-refractivity contribution in [1.29, 1.82) is 0 Å². The standard InChI is InChI=1S/C27H34O15/c1-12(28)35-10-18-9-20(37-14(3)30)19-7-8-34-26(22(18)19)42-27-25(40-17(6)33)24(39-16(5)32)23(38-15(4)31)21(41-27)11-36-13(2)29/h7-9,19-27H,10-11H2,1-6H3/t19-,20-,21-,22+,23-,24+,25-,26-,27-/m0/s1. The van der Waals surface area contributed by atoms with Crippen LogP contribution in [0, 0.1) is 11.8 Å². The quantitative estimate of drug-likeness (QED) is 0.193. The van der Waals surface area contributed by atoms with Gasteiger partial charge in [-0.25, -0.2) is 0 Å². The van der Waals surface area contributed by atoms with Crippen molar-refractivity contribution in [3.8, 4) is 0 Å². The molecule has 0 N–H and O–H groups in total. The second kappa shape index (κ2) is 14.3. The Morgan fingerprint density at radius 3 is 1.83 bits per heavy atom. The SMILES string of the molecule is CC(=O)OCC1=C[C@H](OC(C)=O)[C@@H]2C=CO[C@@H](O[C@@H]3O[C@@H](COC(C)=O)[C@H](OC(C)=O)[C@@H](OC(C)=O)[C@@H]3OC(C)=O)[C@H]12. The zero-order valence-corrected chi connectivity index (χ0v) is 24.0. The van der Waals surface area contributed by atoms with E-state index in [1.807, 2.05) is 0 Å². The molecule has 0 aromatic heterocycles. The van der Waals surface area contributed by atoms with Crippen LogP contribution in [-0.4, -0.2) is 92.1 Å². The van der Waals surface area contributed by atoms with Gasteiger partial charge in [0.2, 0.25) is 12.6 Å². The summed E-state index contributed by atoms with van der Waals surface area (Å²) >= 11 is 0. The van der Waals surface area contributed by atoms with Crippen molar-refractivity contribution >= 4 is 35.8 Å². The molecule has 3 aliphatic rings. The molecule has 1 aliphatic carbocycles. The summed E-state index contributed by atoms with van der Waals surface area (Å²) in [5.41, 5.74) is 0.515. The molecule has 9 atom stereocenters. The number of carbonyl (C=O) groups is 6. The molecule has 0 saturated carbocycles. The lowest BCUT2D eigenvalue weighted by Gasteiger charge is -2.45. The second-order valence-electron chi connectivity index (χ2n) is 9.74. The smallest absolute Gasteiger partial charge is 0.303 e. The third-order valence-corrected chi connectivity index (χ3v) is 6.37. The third kappa shape index (κ3) is 8.52. The van der Waals surface area contributed by atoms with Gasteiger partial charge in [0.1, 0.15) is 25.4 Å². The highest BCUT2D eigenvalue weighted by Gasteiger charge is 2.55. The minimum Gasteiger partial charge on any atom is -0.472 e. The van der Waals surface area contributed by atoms with Gasteiger partial charge in [0.25, 0.3) is 0 Å². The lowest BCUT2D eigenvalue weighted by molar-refractivity contribution is -0.342. The summed E-state index contributed by atoms with van der Waals surface area (Å²) in [5.74, 6) is -5.31. The molecule has 1 fully saturated rings. The van der Waals surface area contributed by atoms with Gasteiger partial charge in [-0.3, -0.25) is 28.8 Å². The lowest BCUT2D eigenvalue weighted by Crippen LogP contribution is -2.63. The number of carbonyl (C=O) groups excluding carboxylic acids is 6. The predicted molar refractivity (Wildman–Crippen MR) is 134 cm³/mol. The summed E-state index contributed by atoms with van der Waals surface area (Å²) in [5, 5.41) is 0. The Kier molecular flexibility index (Phi) is 11.1. The van der Waals surface area contributed by atoms with Crippen LogP contribution in [0.1, 0.15) is 41.5 Å². The van der Waals surface area contributed by atoms with Crippen LogP contribution in [0.3, 0.4) is 0 Å². The van der Waals surface area contributed by atoms with Gasteiger partial charge >= 0.3 is 35.8 Å². The largest absolute Gasteiger partial charge is 0.472 e. The van der Waals surface area contributed by atoms with Crippen LogP contribution < -0.4 is 0 Å². The van der Waals surface area contributed by atoms with Crippen LogP contribution in [-0.2, 0) is 71.4 Å². The van der Waals surface area contributed by atoms with E-state index in [1.54, 1.807) is 12.2 Å². The normalized spacial score (nSPS) is 31.4. The van der Waals surface area contributed by atoms with Gasteiger partial charge < -0.3 is 42.6 Å². The van der Waals surface area contributed by atoms with Crippen molar-refractivity contribution in [3.63, 3.8) is 0 Å². The molecule has 2 aliphatic heterocycles. The van der Waals surface area contributed by atoms with E-state index in [1.165, 1.54) is 20.1 Å². The second-order valence-corrected chi connectivity index (χ2v) is 9.74. The molecule has 2 heterocycles. The molecule has 0 unspecified atom stereocenters. The van der Waals surface area contributed by atoms with E-state index in [0.29, 0.717) is 5.57 Å². The van der Waals surface area contributed by atoms with Crippen molar-refractivity contribution < 1.29 is 71.4 Å². The number of esters is 6. The molecule has 3 rings (SSSR count). The number of rotatable bonds is 10. The van der Waals surface area contributed by atoms with Gasteiger partial charge in [-0.1, -0.05) is 0 Å². The fourth-order valence-corrected chi connectivity index (χ4v) is 4.95. The third-order valence-electron chi connectivity index (χ3n) is 6.37. The first-order valence-electron chi connectivity index (χ1n) is 13.1. The summed E-state index contributed by atoms with van der Waals surface area (Å²) < 4.78 is 49.9. The van der Waals surface area contributed by atoms with E-state index in [4.69, 9.17) is 42.6 Å². The zero-order valence-electron chi connectivity index (χ0n) is 24.0. The highest BCUT2D eigenvalue weighted by molar-refractivity contribution is 5.69. The van der Waals surface area contributed by atoms with E-state index < -0.39 is 97.4 Å². The molecule has 0 aromatic rings. The predicted octanol–water partition coefficient (Wildman–Crippen LogP) is 0.623. The summed E-state index contributed by atoms with van der Waals surface area (Å²) in [6, 6.07) is 0. The number of hydrogen-bond acceptors (Lipinski definition) is 15. The number of fused-ring (bicyclic) bond motifs is 1. The van der Waals surface area contributed by atoms with Crippen molar-refractivity contribution in [2.24, 2.45) is 11.8 Å². The Bertz CT molecular complexity index is 1130. The van der Waals surface area contributed by atoms with Crippen LogP contribution >= 0.6 is 0 Å². The number of ether oxygens (including phenoxy) is 9. The van der Waals surface area contributed by atoms with Gasteiger partial charge in [-0.2, -0.15) is 0 Å². The molecule has 0 amide bonds. The van der Waals surface area contributed by atoms with Gasteiger partial charge in [0.15, 0.2) is 18.3 Å². The van der Waals surface area contributed by atoms with E-state index in [9.17, 15) is 28.8 Å². The van der Waals surface area contributed by atoms with Gasteiger partial charge in [0.05, 0.1) is 12.2 Å². The van der Waals surface area contributed by atoms with Gasteiger partial charge in [0, 0.05) is 47.5 Å².